The number of carbonyl (C=O) groups excluding carboxylic acids is 1. The van der Waals surface area contributed by atoms with E-state index in [4.69, 9.17) is 12.2 Å². The molecule has 2 rings (SSSR count). The van der Waals surface area contributed by atoms with E-state index in [9.17, 15) is 4.79 Å². The Morgan fingerprint density at radius 2 is 2.00 bits per heavy atom. The van der Waals surface area contributed by atoms with Crippen LogP contribution in [0.2, 0.25) is 0 Å². The summed E-state index contributed by atoms with van der Waals surface area (Å²) in [5, 5.41) is 2.66. The molecule has 0 saturated carbocycles. The average molecular weight is 257 g/mol. The van der Waals surface area contributed by atoms with Gasteiger partial charge >= 0.3 is 0 Å². The van der Waals surface area contributed by atoms with E-state index in [0.717, 1.165) is 36.8 Å². The van der Waals surface area contributed by atoms with Crippen molar-refractivity contribution in [1.82, 2.24) is 15.1 Å². The molecular formula is C10H15N3OS2. The van der Waals surface area contributed by atoms with Crippen LogP contribution in [0.25, 0.3) is 0 Å². The Labute approximate surface area is 105 Å². The molecule has 4 nitrogen and oxygen atoms in total. The first-order valence-corrected chi connectivity index (χ1v) is 6.48. The van der Waals surface area contributed by atoms with Crippen molar-refractivity contribution >= 4 is 34.2 Å². The highest BCUT2D eigenvalue weighted by Crippen LogP contribution is 2.28. The maximum atomic E-state index is 11.6. The average Bonchev–Trinajstić information content (AvgIpc) is 2.58. The number of carbonyl (C=O) groups is 1. The topological polar surface area (TPSA) is 35.6 Å². The van der Waals surface area contributed by atoms with Crippen LogP contribution in [0.3, 0.4) is 0 Å². The smallest absolute Gasteiger partial charge is 0.265 e. The first kappa shape index (κ1) is 11.9. The molecule has 0 aromatic carbocycles. The molecule has 16 heavy (non-hydrogen) atoms. The van der Waals surface area contributed by atoms with Crippen molar-refractivity contribution in [1.29, 1.82) is 0 Å². The number of amides is 1. The summed E-state index contributed by atoms with van der Waals surface area (Å²) in [6.07, 6.45) is 0. The molecule has 0 bridgehead atoms. The van der Waals surface area contributed by atoms with Gasteiger partial charge in [0.1, 0.15) is 4.32 Å². The van der Waals surface area contributed by atoms with Crippen LogP contribution in [-0.2, 0) is 4.79 Å². The van der Waals surface area contributed by atoms with Gasteiger partial charge in [-0.25, -0.2) is 0 Å². The van der Waals surface area contributed by atoms with Gasteiger partial charge in [-0.2, -0.15) is 0 Å². The Kier molecular flexibility index (Phi) is 3.51. The third-order valence-corrected chi connectivity index (χ3v) is 4.25. The molecule has 0 aliphatic carbocycles. The molecule has 1 amide bonds. The predicted octanol–water partition coefficient (Wildman–Crippen LogP) is 0.613. The lowest BCUT2D eigenvalue weighted by molar-refractivity contribution is -0.115. The number of thiocarbonyl (C=S) groups is 1. The Balaban J connectivity index is 2.11. The number of hydrogen-bond donors (Lipinski definition) is 1. The molecule has 0 aromatic heterocycles. The Hall–Kier alpha value is -0.590. The summed E-state index contributed by atoms with van der Waals surface area (Å²) >= 11 is 6.35. The summed E-state index contributed by atoms with van der Waals surface area (Å²) in [4.78, 5) is 16.9. The van der Waals surface area contributed by atoms with Crippen LogP contribution >= 0.6 is 24.0 Å². The molecule has 2 fully saturated rings. The maximum Gasteiger partial charge on any atom is 0.265 e. The van der Waals surface area contributed by atoms with Gasteiger partial charge in [-0.05, 0) is 14.0 Å². The van der Waals surface area contributed by atoms with E-state index in [1.54, 1.807) is 0 Å². The highest BCUT2D eigenvalue weighted by atomic mass is 32.2. The minimum Gasteiger partial charge on any atom is -0.371 e. The Morgan fingerprint density at radius 1 is 1.38 bits per heavy atom. The van der Waals surface area contributed by atoms with E-state index in [-0.39, 0.29) is 5.91 Å². The van der Waals surface area contributed by atoms with Gasteiger partial charge in [-0.3, -0.25) is 4.79 Å². The first-order chi connectivity index (χ1) is 7.58. The van der Waals surface area contributed by atoms with E-state index in [1.807, 2.05) is 6.92 Å². The summed E-state index contributed by atoms with van der Waals surface area (Å²) in [6, 6.07) is 0. The summed E-state index contributed by atoms with van der Waals surface area (Å²) in [5.74, 6) is -0.0496. The number of rotatable bonds is 1. The standard InChI is InChI=1S/C10H15N3OS2/c1-7(8-9(14)11-10(15)16-8)13-5-3-12(2)4-6-13/h3-6H2,1-2H3,(H,11,14,15)/b8-7+. The van der Waals surface area contributed by atoms with Gasteiger partial charge in [0.15, 0.2) is 0 Å². The fourth-order valence-corrected chi connectivity index (χ4v) is 2.93. The van der Waals surface area contributed by atoms with E-state index >= 15 is 0 Å². The van der Waals surface area contributed by atoms with Crippen molar-refractivity contribution in [2.75, 3.05) is 33.2 Å². The van der Waals surface area contributed by atoms with Crippen molar-refractivity contribution in [3.8, 4) is 0 Å². The quantitative estimate of drug-likeness (QED) is 0.550. The third-order valence-electron chi connectivity index (χ3n) is 2.92. The van der Waals surface area contributed by atoms with Gasteiger partial charge in [0.25, 0.3) is 5.91 Å². The molecule has 2 aliphatic rings. The van der Waals surface area contributed by atoms with E-state index in [1.165, 1.54) is 11.8 Å². The number of likely N-dealkylation sites (N-methyl/N-ethyl adjacent to an activating group) is 1. The molecule has 2 aliphatic heterocycles. The lowest BCUT2D eigenvalue weighted by Crippen LogP contribution is -2.43. The van der Waals surface area contributed by atoms with Crippen LogP contribution in [0, 0.1) is 0 Å². The van der Waals surface area contributed by atoms with E-state index in [0.29, 0.717) is 4.32 Å². The minimum atomic E-state index is -0.0496. The van der Waals surface area contributed by atoms with Gasteiger partial charge in [0.05, 0.1) is 4.91 Å². The largest absolute Gasteiger partial charge is 0.371 e. The molecule has 1 N–H and O–H groups in total. The highest BCUT2D eigenvalue weighted by molar-refractivity contribution is 8.26. The molecule has 2 saturated heterocycles. The predicted molar refractivity (Wildman–Crippen MR) is 70.1 cm³/mol. The second kappa shape index (κ2) is 4.73. The van der Waals surface area contributed by atoms with Gasteiger partial charge < -0.3 is 15.1 Å². The molecule has 0 aromatic rings. The van der Waals surface area contributed by atoms with Crippen molar-refractivity contribution in [3.05, 3.63) is 10.6 Å². The molecular weight excluding hydrogens is 242 g/mol. The number of piperazine rings is 1. The number of thioether (sulfide) groups is 1. The van der Waals surface area contributed by atoms with Gasteiger partial charge in [-0.1, -0.05) is 24.0 Å². The maximum absolute atomic E-state index is 11.6. The highest BCUT2D eigenvalue weighted by Gasteiger charge is 2.27. The second-order valence-corrected chi connectivity index (χ2v) is 5.74. The van der Waals surface area contributed by atoms with Crippen LogP contribution in [0.5, 0.6) is 0 Å². The van der Waals surface area contributed by atoms with Crippen LogP contribution < -0.4 is 5.32 Å². The molecule has 0 unspecified atom stereocenters. The van der Waals surface area contributed by atoms with Gasteiger partial charge in [-0.15, -0.1) is 0 Å². The SMILES string of the molecule is C/C(=C1\SC(=S)NC1=O)N1CCN(C)CC1. The normalized spacial score (nSPS) is 26.0. The zero-order valence-electron chi connectivity index (χ0n) is 9.45. The van der Waals surface area contributed by atoms with Crippen molar-refractivity contribution in [2.24, 2.45) is 0 Å². The van der Waals surface area contributed by atoms with Crippen molar-refractivity contribution in [2.45, 2.75) is 6.92 Å². The Morgan fingerprint density at radius 3 is 2.50 bits per heavy atom. The molecule has 0 radical (unpaired) electrons. The van der Waals surface area contributed by atoms with Crippen LogP contribution in [-0.4, -0.2) is 53.3 Å². The second-order valence-electron chi connectivity index (χ2n) is 4.05. The lowest BCUT2D eigenvalue weighted by Gasteiger charge is -2.34. The summed E-state index contributed by atoms with van der Waals surface area (Å²) in [5.41, 5.74) is 1.05. The molecule has 6 heteroatoms. The summed E-state index contributed by atoms with van der Waals surface area (Å²) in [6.45, 7) is 6.04. The molecule has 2 heterocycles. The third kappa shape index (κ3) is 2.39. The molecule has 0 atom stereocenters. The molecule has 88 valence electrons. The summed E-state index contributed by atoms with van der Waals surface area (Å²) in [7, 11) is 2.12. The van der Waals surface area contributed by atoms with Crippen LogP contribution in [0.4, 0.5) is 0 Å². The lowest BCUT2D eigenvalue weighted by atomic mass is 10.3. The van der Waals surface area contributed by atoms with Gasteiger partial charge in [0.2, 0.25) is 0 Å². The zero-order valence-corrected chi connectivity index (χ0v) is 11.1. The van der Waals surface area contributed by atoms with Crippen molar-refractivity contribution < 1.29 is 4.79 Å². The summed E-state index contributed by atoms with van der Waals surface area (Å²) < 4.78 is 0.563. The fourth-order valence-electron chi connectivity index (χ4n) is 1.84. The van der Waals surface area contributed by atoms with Crippen LogP contribution in [0.1, 0.15) is 6.92 Å². The number of hydrogen-bond acceptors (Lipinski definition) is 5. The number of allylic oxidation sites excluding steroid dienone is 1. The van der Waals surface area contributed by atoms with E-state index in [2.05, 4.69) is 22.2 Å². The minimum absolute atomic E-state index is 0.0496. The van der Waals surface area contributed by atoms with Crippen molar-refractivity contribution in [3.63, 3.8) is 0 Å². The fraction of sp³-hybridized carbons (Fsp3) is 0.600. The number of nitrogens with one attached hydrogen (secondary N) is 1. The first-order valence-electron chi connectivity index (χ1n) is 5.25. The monoisotopic (exact) mass is 257 g/mol. The molecule has 0 spiro atoms. The Bertz CT molecular complexity index is 359. The van der Waals surface area contributed by atoms with E-state index < -0.39 is 0 Å². The van der Waals surface area contributed by atoms with Gasteiger partial charge in [0, 0.05) is 31.9 Å². The number of nitrogens with zero attached hydrogens (tertiary/aromatic N) is 2. The zero-order chi connectivity index (χ0) is 11.7. The van der Waals surface area contributed by atoms with Crippen LogP contribution in [0.15, 0.2) is 10.6 Å².